The first-order chi connectivity index (χ1) is 31.2. The number of para-hydroxylation sites is 3. The van der Waals surface area contributed by atoms with Crippen molar-refractivity contribution >= 4 is 43.5 Å². The zero-order valence-corrected chi connectivity index (χ0v) is 34.2. The van der Waals surface area contributed by atoms with E-state index in [0.29, 0.717) is 5.82 Å². The van der Waals surface area contributed by atoms with Gasteiger partial charge < -0.3 is 4.57 Å². The highest BCUT2D eigenvalue weighted by Crippen LogP contribution is 2.40. The van der Waals surface area contributed by atoms with Crippen LogP contribution in [-0.2, 0) is 0 Å². The summed E-state index contributed by atoms with van der Waals surface area (Å²) in [5.74, 6) is 0.696. The monoisotopic (exact) mass is 802 g/mol. The lowest BCUT2D eigenvalue weighted by Crippen LogP contribution is -1.97. The van der Waals surface area contributed by atoms with Crippen molar-refractivity contribution < 1.29 is 0 Å². The Labute approximate surface area is 365 Å². The lowest BCUT2D eigenvalue weighted by atomic mass is 9.92. The second kappa shape index (κ2) is 15.2. The minimum atomic E-state index is 0.696. The number of nitrogens with zero attached hydrogens (tertiary/aromatic N) is 4. The van der Waals surface area contributed by atoms with E-state index < -0.39 is 0 Å². The van der Waals surface area contributed by atoms with Gasteiger partial charge in [0.2, 0.25) is 0 Å². The maximum atomic E-state index is 5.15. The highest BCUT2D eigenvalue weighted by molar-refractivity contribution is 6.17. The summed E-state index contributed by atoms with van der Waals surface area (Å²) < 4.78 is 2.34. The normalized spacial score (nSPS) is 11.5. The van der Waals surface area contributed by atoms with Crippen molar-refractivity contribution in [3.63, 3.8) is 0 Å². The van der Waals surface area contributed by atoms with Crippen LogP contribution in [0.3, 0.4) is 0 Å². The first kappa shape index (κ1) is 36.4. The molecule has 0 atom stereocenters. The third kappa shape index (κ3) is 6.44. The predicted octanol–water partition coefficient (Wildman–Crippen LogP) is 15.3. The quantitative estimate of drug-likeness (QED) is 0.151. The van der Waals surface area contributed by atoms with Gasteiger partial charge in [0, 0.05) is 54.9 Å². The van der Waals surface area contributed by atoms with Crippen LogP contribution in [0.1, 0.15) is 0 Å². The molecule has 12 rings (SSSR count). The molecule has 9 aromatic carbocycles. The Morgan fingerprint density at radius 1 is 0.302 bits per heavy atom. The molecule has 0 aliphatic carbocycles. The van der Waals surface area contributed by atoms with E-state index in [1.165, 1.54) is 38.3 Å². The van der Waals surface area contributed by atoms with Gasteiger partial charge >= 0.3 is 0 Å². The molecule has 12 aromatic rings. The predicted molar refractivity (Wildman–Crippen MR) is 262 cm³/mol. The fourth-order valence-corrected chi connectivity index (χ4v) is 9.18. The van der Waals surface area contributed by atoms with Crippen LogP contribution >= 0.6 is 0 Å². The number of aromatic nitrogens is 4. The van der Waals surface area contributed by atoms with E-state index >= 15 is 0 Å². The van der Waals surface area contributed by atoms with Crippen molar-refractivity contribution in [2.75, 3.05) is 0 Å². The smallest absolute Gasteiger partial charge is 0.160 e. The van der Waals surface area contributed by atoms with Gasteiger partial charge in [0.05, 0.1) is 33.6 Å². The molecule has 63 heavy (non-hydrogen) atoms. The van der Waals surface area contributed by atoms with Crippen molar-refractivity contribution in [3.05, 3.63) is 231 Å². The lowest BCUT2D eigenvalue weighted by molar-refractivity contribution is 1.17. The van der Waals surface area contributed by atoms with E-state index in [2.05, 4.69) is 217 Å². The number of fused-ring (bicyclic) bond motifs is 6. The molecule has 0 aliphatic heterocycles. The molecule has 294 valence electrons. The molecule has 0 saturated heterocycles. The molecule has 3 heterocycles. The number of hydrogen-bond acceptors (Lipinski definition) is 3. The average molecular weight is 803 g/mol. The Hall–Kier alpha value is -8.47. The third-order valence-electron chi connectivity index (χ3n) is 12.2. The maximum Gasteiger partial charge on any atom is 0.160 e. The molecule has 0 amide bonds. The lowest BCUT2D eigenvalue weighted by Gasteiger charge is -2.14. The van der Waals surface area contributed by atoms with Gasteiger partial charge in [0.25, 0.3) is 0 Å². The molecule has 0 radical (unpaired) electrons. The molecular formula is C59H38N4. The van der Waals surface area contributed by atoms with Gasteiger partial charge in [-0.2, -0.15) is 0 Å². The third-order valence-corrected chi connectivity index (χ3v) is 12.2. The largest absolute Gasteiger partial charge is 0.309 e. The average Bonchev–Trinajstić information content (AvgIpc) is 3.71. The van der Waals surface area contributed by atoms with Gasteiger partial charge in [-0.15, -0.1) is 0 Å². The Bertz CT molecular complexity index is 3580. The summed E-state index contributed by atoms with van der Waals surface area (Å²) in [7, 11) is 0. The summed E-state index contributed by atoms with van der Waals surface area (Å²) in [5, 5.41) is 6.02. The molecule has 0 spiro atoms. The summed E-state index contributed by atoms with van der Waals surface area (Å²) in [6.07, 6.45) is 0. The molecule has 0 bridgehead atoms. The molecule has 0 fully saturated rings. The van der Waals surface area contributed by atoms with Crippen LogP contribution in [0, 0.1) is 0 Å². The fourth-order valence-electron chi connectivity index (χ4n) is 9.18. The highest BCUT2D eigenvalue weighted by Gasteiger charge is 2.16. The van der Waals surface area contributed by atoms with Crippen LogP contribution in [0.5, 0.6) is 0 Å². The summed E-state index contributed by atoms with van der Waals surface area (Å²) >= 11 is 0. The standard InChI is InChI=1S/C59H38N4/c1-3-14-44(15-4-1)58-51-22-13-21-47(57(51)50-20-7-10-23-52(50)60-58)41-30-26-39(27-31-41)40-28-32-42(33-29-40)53-38-54(62-59(61-53)45-16-5-2-6-17-45)43-34-36-46(37-35-43)63-55-24-11-8-18-48(55)49-19-9-12-25-56(49)63/h1-38H. The molecule has 0 aliphatic rings. The Morgan fingerprint density at radius 2 is 0.778 bits per heavy atom. The van der Waals surface area contributed by atoms with Crippen molar-refractivity contribution in [1.29, 1.82) is 0 Å². The molecule has 0 unspecified atom stereocenters. The first-order valence-corrected chi connectivity index (χ1v) is 21.4. The SMILES string of the molecule is c1ccc(-c2nc(-c3ccc(-c4ccc(-c5cccc6c(-c7ccccc7)nc7ccccc7c56)cc4)cc3)cc(-c3ccc(-n4c5ccccc5c5ccccc54)cc3)n2)cc1. The van der Waals surface area contributed by atoms with E-state index in [-0.39, 0.29) is 0 Å². The number of benzene rings is 9. The molecular weight excluding hydrogens is 765 g/mol. The zero-order chi connectivity index (χ0) is 41.7. The summed E-state index contributed by atoms with van der Waals surface area (Å²) in [5.41, 5.74) is 16.0. The second-order valence-corrected chi connectivity index (χ2v) is 16.0. The molecule has 4 nitrogen and oxygen atoms in total. The van der Waals surface area contributed by atoms with Gasteiger partial charge in [-0.05, 0) is 58.7 Å². The molecule has 4 heteroatoms. The van der Waals surface area contributed by atoms with Crippen LogP contribution in [0.25, 0.3) is 117 Å². The zero-order valence-electron chi connectivity index (χ0n) is 34.2. The van der Waals surface area contributed by atoms with E-state index in [9.17, 15) is 0 Å². The summed E-state index contributed by atoms with van der Waals surface area (Å²) in [6, 6.07) is 81.5. The summed E-state index contributed by atoms with van der Waals surface area (Å²) in [6.45, 7) is 0. The number of rotatable bonds is 7. The van der Waals surface area contributed by atoms with Gasteiger partial charge in [-0.1, -0.05) is 194 Å². The van der Waals surface area contributed by atoms with E-state index in [1.807, 2.05) is 18.2 Å². The Balaban J connectivity index is 0.884. The minimum absolute atomic E-state index is 0.696. The topological polar surface area (TPSA) is 43.6 Å². The van der Waals surface area contributed by atoms with E-state index in [4.69, 9.17) is 15.0 Å². The van der Waals surface area contributed by atoms with Gasteiger partial charge in [-0.25, -0.2) is 15.0 Å². The van der Waals surface area contributed by atoms with Crippen LogP contribution < -0.4 is 0 Å². The second-order valence-electron chi connectivity index (χ2n) is 16.0. The van der Waals surface area contributed by atoms with Crippen molar-refractivity contribution in [2.45, 2.75) is 0 Å². The highest BCUT2D eigenvalue weighted by atomic mass is 15.0. The van der Waals surface area contributed by atoms with E-state index in [0.717, 1.165) is 72.4 Å². The van der Waals surface area contributed by atoms with Crippen molar-refractivity contribution in [2.24, 2.45) is 0 Å². The number of hydrogen-bond donors (Lipinski definition) is 0. The Morgan fingerprint density at radius 3 is 1.40 bits per heavy atom. The van der Waals surface area contributed by atoms with Crippen molar-refractivity contribution in [1.82, 2.24) is 19.5 Å². The van der Waals surface area contributed by atoms with Crippen LogP contribution in [-0.4, -0.2) is 19.5 Å². The van der Waals surface area contributed by atoms with Gasteiger partial charge in [0.1, 0.15) is 0 Å². The van der Waals surface area contributed by atoms with Crippen LogP contribution in [0.4, 0.5) is 0 Å². The maximum absolute atomic E-state index is 5.15. The molecule has 0 saturated carbocycles. The van der Waals surface area contributed by atoms with Crippen molar-refractivity contribution in [3.8, 4) is 73.1 Å². The van der Waals surface area contributed by atoms with Crippen LogP contribution in [0.15, 0.2) is 231 Å². The fraction of sp³-hybridized carbons (Fsp3) is 0. The van der Waals surface area contributed by atoms with Gasteiger partial charge in [-0.3, -0.25) is 0 Å². The van der Waals surface area contributed by atoms with Gasteiger partial charge in [0.15, 0.2) is 5.82 Å². The first-order valence-electron chi connectivity index (χ1n) is 21.4. The number of pyridine rings is 1. The Kier molecular flexibility index (Phi) is 8.79. The summed E-state index contributed by atoms with van der Waals surface area (Å²) in [4.78, 5) is 15.4. The van der Waals surface area contributed by atoms with Crippen LogP contribution in [0.2, 0.25) is 0 Å². The molecule has 3 aromatic heterocycles. The molecule has 0 N–H and O–H groups in total. The minimum Gasteiger partial charge on any atom is -0.309 e. The van der Waals surface area contributed by atoms with E-state index in [1.54, 1.807) is 0 Å².